The molecule has 5 nitrogen and oxygen atoms in total. The van der Waals surface area contributed by atoms with E-state index in [-0.39, 0.29) is 5.91 Å². The second-order valence-electron chi connectivity index (χ2n) is 7.21. The van der Waals surface area contributed by atoms with Gasteiger partial charge < -0.3 is 4.57 Å². The van der Waals surface area contributed by atoms with Gasteiger partial charge in [-0.05, 0) is 62.2 Å². The van der Waals surface area contributed by atoms with Gasteiger partial charge in [0.25, 0.3) is 5.91 Å². The standard InChI is InChI=1S/C22H26N4O/c1-2-12-26-20-11-4-3-10-19(20)23-22(26)24-21(27)18-9-7-8-17(15-18)16-25-13-5-6-14-25/h3-4,7-11,15H,2,5-6,12-14,16H2,1H3,(H,23,24,27). The Morgan fingerprint density at radius 2 is 1.93 bits per heavy atom. The van der Waals surface area contributed by atoms with Gasteiger partial charge in [0.1, 0.15) is 0 Å². The van der Waals surface area contributed by atoms with Crippen LogP contribution in [0.3, 0.4) is 0 Å². The number of amides is 1. The summed E-state index contributed by atoms with van der Waals surface area (Å²) in [5.74, 6) is 0.513. The number of hydrogen-bond acceptors (Lipinski definition) is 3. The van der Waals surface area contributed by atoms with E-state index in [0.29, 0.717) is 11.5 Å². The van der Waals surface area contributed by atoms with Crippen molar-refractivity contribution < 1.29 is 4.79 Å². The third kappa shape index (κ3) is 3.88. The molecular weight excluding hydrogens is 336 g/mol. The summed E-state index contributed by atoms with van der Waals surface area (Å²) >= 11 is 0. The zero-order valence-electron chi connectivity index (χ0n) is 15.8. The molecule has 0 atom stereocenters. The normalized spacial score (nSPS) is 14.7. The van der Waals surface area contributed by atoms with Crippen molar-refractivity contribution in [2.45, 2.75) is 39.3 Å². The summed E-state index contributed by atoms with van der Waals surface area (Å²) in [5, 5.41) is 3.02. The number of nitrogens with zero attached hydrogens (tertiary/aromatic N) is 3. The minimum absolute atomic E-state index is 0.106. The summed E-state index contributed by atoms with van der Waals surface area (Å²) in [6.07, 6.45) is 3.52. The number of rotatable bonds is 6. The van der Waals surface area contributed by atoms with Crippen LogP contribution in [-0.2, 0) is 13.1 Å². The fourth-order valence-electron chi connectivity index (χ4n) is 3.80. The van der Waals surface area contributed by atoms with E-state index in [1.165, 1.54) is 18.4 Å². The second-order valence-corrected chi connectivity index (χ2v) is 7.21. The molecule has 1 fully saturated rings. The molecule has 5 heteroatoms. The molecule has 1 aromatic heterocycles. The zero-order chi connectivity index (χ0) is 18.6. The van der Waals surface area contributed by atoms with E-state index in [0.717, 1.165) is 43.6 Å². The molecule has 4 rings (SSSR count). The summed E-state index contributed by atoms with van der Waals surface area (Å²) in [4.78, 5) is 19.9. The molecule has 1 amide bonds. The Hall–Kier alpha value is -2.66. The van der Waals surface area contributed by atoms with Crippen molar-refractivity contribution in [3.8, 4) is 0 Å². The fourth-order valence-corrected chi connectivity index (χ4v) is 3.80. The van der Waals surface area contributed by atoms with Crippen LogP contribution in [-0.4, -0.2) is 33.4 Å². The molecule has 0 bridgehead atoms. The summed E-state index contributed by atoms with van der Waals surface area (Å²) < 4.78 is 2.08. The summed E-state index contributed by atoms with van der Waals surface area (Å²) in [7, 11) is 0. The molecule has 1 aliphatic heterocycles. The van der Waals surface area contributed by atoms with Gasteiger partial charge in [0.15, 0.2) is 0 Å². The Balaban J connectivity index is 1.55. The number of aryl methyl sites for hydroxylation is 1. The zero-order valence-corrected chi connectivity index (χ0v) is 15.8. The van der Waals surface area contributed by atoms with Crippen LogP contribution in [0.2, 0.25) is 0 Å². The lowest BCUT2D eigenvalue weighted by Gasteiger charge is -2.15. The van der Waals surface area contributed by atoms with Gasteiger partial charge in [0, 0.05) is 18.7 Å². The number of likely N-dealkylation sites (tertiary alicyclic amines) is 1. The van der Waals surface area contributed by atoms with Crippen LogP contribution in [0.15, 0.2) is 48.5 Å². The van der Waals surface area contributed by atoms with Crippen molar-refractivity contribution in [1.29, 1.82) is 0 Å². The van der Waals surface area contributed by atoms with Gasteiger partial charge in [-0.3, -0.25) is 15.0 Å². The first-order valence-electron chi connectivity index (χ1n) is 9.82. The number of carbonyl (C=O) groups excluding carboxylic acids is 1. The van der Waals surface area contributed by atoms with E-state index < -0.39 is 0 Å². The molecule has 0 unspecified atom stereocenters. The van der Waals surface area contributed by atoms with Crippen LogP contribution in [0.25, 0.3) is 11.0 Å². The van der Waals surface area contributed by atoms with E-state index in [4.69, 9.17) is 0 Å². The first kappa shape index (κ1) is 17.7. The van der Waals surface area contributed by atoms with Gasteiger partial charge in [0.2, 0.25) is 5.95 Å². The van der Waals surface area contributed by atoms with Crippen LogP contribution in [0.4, 0.5) is 5.95 Å². The first-order valence-corrected chi connectivity index (χ1v) is 9.82. The maximum absolute atomic E-state index is 12.9. The van der Waals surface area contributed by atoms with Crippen LogP contribution in [0.1, 0.15) is 42.1 Å². The lowest BCUT2D eigenvalue weighted by atomic mass is 10.1. The molecule has 2 aromatic carbocycles. The van der Waals surface area contributed by atoms with Crippen molar-refractivity contribution >= 4 is 22.9 Å². The maximum atomic E-state index is 12.9. The van der Waals surface area contributed by atoms with E-state index >= 15 is 0 Å². The van der Waals surface area contributed by atoms with E-state index in [9.17, 15) is 4.79 Å². The highest BCUT2D eigenvalue weighted by atomic mass is 16.1. The molecule has 1 aliphatic rings. The Bertz CT molecular complexity index is 940. The number of fused-ring (bicyclic) bond motifs is 1. The van der Waals surface area contributed by atoms with Crippen LogP contribution < -0.4 is 5.32 Å². The Morgan fingerprint density at radius 1 is 1.11 bits per heavy atom. The molecule has 0 saturated carbocycles. The van der Waals surface area contributed by atoms with Crippen molar-refractivity contribution in [1.82, 2.24) is 14.5 Å². The molecule has 27 heavy (non-hydrogen) atoms. The van der Waals surface area contributed by atoms with Gasteiger partial charge >= 0.3 is 0 Å². The summed E-state index contributed by atoms with van der Waals surface area (Å²) in [6, 6.07) is 15.9. The quantitative estimate of drug-likeness (QED) is 0.711. The fraction of sp³-hybridized carbons (Fsp3) is 0.364. The van der Waals surface area contributed by atoms with Crippen LogP contribution >= 0.6 is 0 Å². The van der Waals surface area contributed by atoms with Crippen molar-refractivity contribution in [3.05, 3.63) is 59.7 Å². The van der Waals surface area contributed by atoms with E-state index in [2.05, 4.69) is 32.8 Å². The second kappa shape index (κ2) is 7.92. The van der Waals surface area contributed by atoms with E-state index in [1.54, 1.807) is 0 Å². The highest BCUT2D eigenvalue weighted by Gasteiger charge is 2.16. The van der Waals surface area contributed by atoms with Crippen LogP contribution in [0, 0.1) is 0 Å². The predicted octanol–water partition coefficient (Wildman–Crippen LogP) is 4.29. The number of aromatic nitrogens is 2. The molecular formula is C22H26N4O. The summed E-state index contributed by atoms with van der Waals surface area (Å²) in [5.41, 5.74) is 3.83. The number of hydrogen-bond donors (Lipinski definition) is 1. The van der Waals surface area contributed by atoms with Gasteiger partial charge in [-0.1, -0.05) is 31.2 Å². The lowest BCUT2D eigenvalue weighted by molar-refractivity contribution is 0.102. The third-order valence-corrected chi connectivity index (χ3v) is 5.12. The largest absolute Gasteiger partial charge is 0.310 e. The highest BCUT2D eigenvalue weighted by molar-refractivity contribution is 6.04. The van der Waals surface area contributed by atoms with Gasteiger partial charge in [0.05, 0.1) is 11.0 Å². The van der Waals surface area contributed by atoms with Crippen molar-refractivity contribution in [2.75, 3.05) is 18.4 Å². The number of para-hydroxylation sites is 2. The minimum Gasteiger partial charge on any atom is -0.310 e. The molecule has 1 N–H and O–H groups in total. The molecule has 0 radical (unpaired) electrons. The average molecular weight is 362 g/mol. The SMILES string of the molecule is CCCn1c(NC(=O)c2cccc(CN3CCCC3)c2)nc2ccccc21. The third-order valence-electron chi connectivity index (χ3n) is 5.12. The van der Waals surface area contributed by atoms with Gasteiger partial charge in [-0.25, -0.2) is 4.98 Å². The summed E-state index contributed by atoms with van der Waals surface area (Å²) in [6.45, 7) is 6.16. The van der Waals surface area contributed by atoms with Crippen molar-refractivity contribution in [2.24, 2.45) is 0 Å². The number of imidazole rings is 1. The van der Waals surface area contributed by atoms with Crippen molar-refractivity contribution in [3.63, 3.8) is 0 Å². The van der Waals surface area contributed by atoms with Gasteiger partial charge in [-0.2, -0.15) is 0 Å². The van der Waals surface area contributed by atoms with Gasteiger partial charge in [-0.15, -0.1) is 0 Å². The Kier molecular flexibility index (Phi) is 5.21. The molecule has 1 saturated heterocycles. The molecule has 0 aliphatic carbocycles. The first-order chi connectivity index (χ1) is 13.2. The monoisotopic (exact) mass is 362 g/mol. The number of nitrogens with one attached hydrogen (secondary N) is 1. The minimum atomic E-state index is -0.106. The molecule has 3 aromatic rings. The highest BCUT2D eigenvalue weighted by Crippen LogP contribution is 2.21. The molecule has 0 spiro atoms. The molecule has 2 heterocycles. The van der Waals surface area contributed by atoms with Crippen LogP contribution in [0.5, 0.6) is 0 Å². The predicted molar refractivity (Wildman–Crippen MR) is 109 cm³/mol. The maximum Gasteiger partial charge on any atom is 0.257 e. The lowest BCUT2D eigenvalue weighted by Crippen LogP contribution is -2.19. The Morgan fingerprint density at radius 3 is 2.74 bits per heavy atom. The van der Waals surface area contributed by atoms with E-state index in [1.807, 2.05) is 42.5 Å². The number of anilines is 1. The average Bonchev–Trinajstić information content (AvgIpc) is 3.31. The number of carbonyl (C=O) groups is 1. The smallest absolute Gasteiger partial charge is 0.257 e. The Labute approximate surface area is 160 Å². The topological polar surface area (TPSA) is 50.2 Å². The molecule has 140 valence electrons. The number of benzene rings is 2.